The summed E-state index contributed by atoms with van der Waals surface area (Å²) in [5, 5.41) is 1.06. The summed E-state index contributed by atoms with van der Waals surface area (Å²) in [5.41, 5.74) is -3.17. The molecule has 3 heterocycles. The molecule has 10 heteroatoms. The van der Waals surface area contributed by atoms with Gasteiger partial charge < -0.3 is 4.57 Å². The molecule has 4 aromatic rings. The highest BCUT2D eigenvalue weighted by Crippen LogP contribution is 2.45. The molecule has 0 atom stereocenters. The Morgan fingerprint density at radius 2 is 2.04 bits per heavy atom. The third-order valence-electron chi connectivity index (χ3n) is 4.06. The van der Waals surface area contributed by atoms with Crippen LogP contribution in [0.1, 0.15) is 6.92 Å². The zero-order chi connectivity index (χ0) is 20.1. The fourth-order valence-electron chi connectivity index (χ4n) is 2.93. The topological polar surface area (TPSA) is 30.7 Å². The van der Waals surface area contributed by atoms with E-state index in [0.29, 0.717) is 11.0 Å². The van der Waals surface area contributed by atoms with Crippen LogP contribution < -0.4 is 0 Å². The maximum atomic E-state index is 12.7. The van der Waals surface area contributed by atoms with Gasteiger partial charge >= 0.3 is 5.51 Å². The second-order valence-corrected chi connectivity index (χ2v) is 10.2. The Balaban J connectivity index is 1.89. The number of imidazole rings is 1. The van der Waals surface area contributed by atoms with Gasteiger partial charge in [-0.15, -0.1) is 23.1 Å². The average Bonchev–Trinajstić information content (AvgIpc) is 3.11. The summed E-state index contributed by atoms with van der Waals surface area (Å²) in [6, 6.07) is 7.57. The second kappa shape index (κ2) is 7.55. The zero-order valence-corrected chi connectivity index (χ0v) is 18.7. The highest BCUT2D eigenvalue weighted by molar-refractivity contribution is 9.10. The Kier molecular flexibility index (Phi) is 5.41. The van der Waals surface area contributed by atoms with Crippen LogP contribution in [0.25, 0.3) is 31.8 Å². The number of hydrogen-bond donors (Lipinski definition) is 0. The van der Waals surface area contributed by atoms with Gasteiger partial charge in [-0.3, -0.25) is 0 Å². The first-order chi connectivity index (χ1) is 13.3. The van der Waals surface area contributed by atoms with Gasteiger partial charge in [0.25, 0.3) is 0 Å². The van der Waals surface area contributed by atoms with E-state index in [-0.39, 0.29) is 16.8 Å². The van der Waals surface area contributed by atoms with Crippen LogP contribution in [0.15, 0.2) is 44.9 Å². The highest BCUT2D eigenvalue weighted by atomic mass is 79.9. The molecule has 0 saturated heterocycles. The van der Waals surface area contributed by atoms with Gasteiger partial charge in [-0.1, -0.05) is 28.9 Å². The lowest BCUT2D eigenvalue weighted by molar-refractivity contribution is -0.0329. The Morgan fingerprint density at radius 1 is 1.25 bits per heavy atom. The van der Waals surface area contributed by atoms with Crippen LogP contribution in [0.4, 0.5) is 13.2 Å². The monoisotopic (exact) mass is 503 g/mol. The zero-order valence-electron chi connectivity index (χ0n) is 14.7. The highest BCUT2D eigenvalue weighted by Gasteiger charge is 2.30. The van der Waals surface area contributed by atoms with E-state index in [4.69, 9.17) is 0 Å². The minimum absolute atomic E-state index is 0.104. The molecule has 146 valence electrons. The van der Waals surface area contributed by atoms with Gasteiger partial charge in [0.1, 0.15) is 5.03 Å². The molecule has 0 fully saturated rings. The molecule has 3 aromatic heterocycles. The normalized spacial score (nSPS) is 12.4. The standard InChI is InChI=1S/C18H13BrF3N3S3/c1-3-26-15-10-5-4-9(19)6-13(10)27-16(15)17-24-11-7-14(28-18(20,21)22)23-8-12(11)25(17)2/h4-8H,3H2,1-2H3. The van der Waals surface area contributed by atoms with Crippen molar-refractivity contribution in [1.29, 1.82) is 0 Å². The van der Waals surface area contributed by atoms with Crippen molar-refractivity contribution in [3.8, 4) is 10.7 Å². The van der Waals surface area contributed by atoms with E-state index in [1.165, 1.54) is 12.3 Å². The molecule has 0 spiro atoms. The van der Waals surface area contributed by atoms with Crippen LogP contribution in [0.3, 0.4) is 0 Å². The van der Waals surface area contributed by atoms with Crippen molar-refractivity contribution in [3.05, 3.63) is 34.9 Å². The number of aromatic nitrogens is 3. The van der Waals surface area contributed by atoms with Crippen molar-refractivity contribution in [2.75, 3.05) is 5.75 Å². The van der Waals surface area contributed by atoms with Crippen molar-refractivity contribution in [2.45, 2.75) is 22.4 Å². The summed E-state index contributed by atoms with van der Waals surface area (Å²) in [5.74, 6) is 1.64. The second-order valence-electron chi connectivity index (χ2n) is 5.89. The number of aryl methyl sites for hydroxylation is 1. The van der Waals surface area contributed by atoms with Gasteiger partial charge in [0.2, 0.25) is 0 Å². The Labute approximate surface area is 179 Å². The molecule has 0 aliphatic carbocycles. The van der Waals surface area contributed by atoms with Crippen molar-refractivity contribution >= 4 is 71.9 Å². The van der Waals surface area contributed by atoms with E-state index in [1.54, 1.807) is 23.1 Å². The molecule has 0 aliphatic rings. The smallest absolute Gasteiger partial charge is 0.325 e. The molecule has 0 N–H and O–H groups in total. The number of benzene rings is 1. The average molecular weight is 504 g/mol. The Morgan fingerprint density at radius 3 is 2.75 bits per heavy atom. The van der Waals surface area contributed by atoms with Gasteiger partial charge in [-0.25, -0.2) is 9.97 Å². The lowest BCUT2D eigenvalue weighted by Crippen LogP contribution is -2.00. The van der Waals surface area contributed by atoms with E-state index in [0.717, 1.165) is 35.9 Å². The van der Waals surface area contributed by atoms with Gasteiger partial charge in [0.05, 0.1) is 22.1 Å². The first-order valence-electron chi connectivity index (χ1n) is 8.20. The van der Waals surface area contributed by atoms with Crippen LogP contribution in [0, 0.1) is 0 Å². The number of thioether (sulfide) groups is 2. The number of thiophene rings is 1. The number of hydrogen-bond acceptors (Lipinski definition) is 5. The Bertz CT molecular complexity index is 1180. The Hall–Kier alpha value is -1.23. The molecule has 1 aromatic carbocycles. The van der Waals surface area contributed by atoms with Gasteiger partial charge in [0, 0.05) is 38.3 Å². The van der Waals surface area contributed by atoms with E-state index in [2.05, 4.69) is 45.0 Å². The number of nitrogens with zero attached hydrogens (tertiary/aromatic N) is 3. The van der Waals surface area contributed by atoms with Gasteiger partial charge in [-0.2, -0.15) is 13.2 Å². The van der Waals surface area contributed by atoms with Crippen molar-refractivity contribution < 1.29 is 13.2 Å². The van der Waals surface area contributed by atoms with Crippen molar-refractivity contribution in [3.63, 3.8) is 0 Å². The van der Waals surface area contributed by atoms with Crippen LogP contribution in [0.2, 0.25) is 0 Å². The maximum absolute atomic E-state index is 12.7. The number of halogens is 4. The van der Waals surface area contributed by atoms with Crippen LogP contribution in [0.5, 0.6) is 0 Å². The fourth-order valence-corrected chi connectivity index (χ4v) is 6.33. The van der Waals surface area contributed by atoms with Crippen LogP contribution >= 0.6 is 50.8 Å². The first kappa shape index (κ1) is 20.1. The number of fused-ring (bicyclic) bond motifs is 2. The lowest BCUT2D eigenvalue weighted by Gasteiger charge is -2.05. The summed E-state index contributed by atoms with van der Waals surface area (Å²) in [6.07, 6.45) is 1.45. The molecule has 0 bridgehead atoms. The summed E-state index contributed by atoms with van der Waals surface area (Å²) in [7, 11) is 1.86. The van der Waals surface area contributed by atoms with Crippen LogP contribution in [-0.2, 0) is 7.05 Å². The third-order valence-corrected chi connectivity index (χ3v) is 7.50. The van der Waals surface area contributed by atoms with Gasteiger partial charge in [-0.05, 0) is 24.0 Å². The predicted octanol–water partition coefficient (Wildman–Crippen LogP) is 7.34. The summed E-state index contributed by atoms with van der Waals surface area (Å²) in [6.45, 7) is 2.09. The predicted molar refractivity (Wildman–Crippen MR) is 115 cm³/mol. The molecule has 0 amide bonds. The van der Waals surface area contributed by atoms with E-state index >= 15 is 0 Å². The minimum Gasteiger partial charge on any atom is -0.325 e. The summed E-state index contributed by atoms with van der Waals surface area (Å²) >= 11 is 6.67. The SMILES string of the molecule is CCSc1c(-c2nc3cc(SC(F)(F)F)ncc3n2C)sc2cc(Br)ccc12. The molecule has 28 heavy (non-hydrogen) atoms. The summed E-state index contributed by atoms with van der Waals surface area (Å²) in [4.78, 5) is 10.8. The molecule has 0 radical (unpaired) electrons. The van der Waals surface area contributed by atoms with Crippen molar-refractivity contribution in [1.82, 2.24) is 14.5 Å². The molecule has 0 aliphatic heterocycles. The third kappa shape index (κ3) is 3.79. The number of alkyl halides is 3. The lowest BCUT2D eigenvalue weighted by atomic mass is 10.2. The van der Waals surface area contributed by atoms with E-state index in [9.17, 15) is 13.2 Å². The fraction of sp³-hybridized carbons (Fsp3) is 0.222. The van der Waals surface area contributed by atoms with Gasteiger partial charge in [0.15, 0.2) is 5.82 Å². The minimum atomic E-state index is -4.37. The van der Waals surface area contributed by atoms with Crippen molar-refractivity contribution in [2.24, 2.45) is 7.05 Å². The molecule has 4 rings (SSSR count). The van der Waals surface area contributed by atoms with E-state index in [1.807, 2.05) is 17.7 Å². The maximum Gasteiger partial charge on any atom is 0.447 e. The number of pyridine rings is 1. The quantitative estimate of drug-likeness (QED) is 0.272. The molecular weight excluding hydrogens is 491 g/mol. The molecule has 3 nitrogen and oxygen atoms in total. The molecular formula is C18H13BrF3N3S3. The first-order valence-corrected chi connectivity index (χ1v) is 11.6. The molecule has 0 saturated carbocycles. The summed E-state index contributed by atoms with van der Waals surface area (Å²) < 4.78 is 42.0. The molecule has 0 unspecified atom stereocenters. The largest absolute Gasteiger partial charge is 0.447 e. The van der Waals surface area contributed by atoms with Crippen LogP contribution in [-0.4, -0.2) is 25.8 Å². The van der Waals surface area contributed by atoms with E-state index < -0.39 is 5.51 Å². The number of rotatable bonds is 4.